The Hall–Kier alpha value is -4.65. The number of nitrogen functional groups attached to an aromatic ring is 1. The Balaban J connectivity index is 1.73. The summed E-state index contributed by atoms with van der Waals surface area (Å²) in [5, 5.41) is 2.85. The molecule has 4 rings (SSSR count). The Bertz CT molecular complexity index is 1420. The first kappa shape index (κ1) is 27.4. The van der Waals surface area contributed by atoms with Crippen molar-refractivity contribution in [1.82, 2.24) is 10.3 Å². The van der Waals surface area contributed by atoms with Crippen molar-refractivity contribution in [3.8, 4) is 17.0 Å². The van der Waals surface area contributed by atoms with Crippen molar-refractivity contribution in [3.05, 3.63) is 113 Å². The first-order chi connectivity index (χ1) is 18.7. The fraction of sp³-hybridized carbons (Fsp3) is 0.219. The number of anilines is 1. The van der Waals surface area contributed by atoms with Gasteiger partial charge in [0.15, 0.2) is 6.29 Å². The third kappa shape index (κ3) is 7.23. The summed E-state index contributed by atoms with van der Waals surface area (Å²) in [4.78, 5) is 29.3. The fourth-order valence-electron chi connectivity index (χ4n) is 4.28. The molecule has 1 heterocycles. The lowest BCUT2D eigenvalue weighted by Crippen LogP contribution is -2.35. The van der Waals surface area contributed by atoms with Gasteiger partial charge in [-0.3, -0.25) is 4.79 Å². The molecule has 1 atom stereocenters. The predicted molar refractivity (Wildman–Crippen MR) is 153 cm³/mol. The number of amides is 1. The van der Waals surface area contributed by atoms with Crippen molar-refractivity contribution in [2.45, 2.75) is 38.9 Å². The highest BCUT2D eigenvalue weighted by Crippen LogP contribution is 2.35. The van der Waals surface area contributed by atoms with Gasteiger partial charge in [0.05, 0.1) is 11.3 Å². The number of nitrogens with one attached hydrogen (secondary N) is 1. The third-order valence-corrected chi connectivity index (χ3v) is 6.06. The van der Waals surface area contributed by atoms with Gasteiger partial charge in [-0.1, -0.05) is 72.8 Å². The number of alkyl carbamates (subject to hydrolysis) is 1. The molecule has 7 heteroatoms. The summed E-state index contributed by atoms with van der Waals surface area (Å²) < 4.78 is 11.6. The van der Waals surface area contributed by atoms with E-state index in [1.54, 1.807) is 20.8 Å². The molecular weight excluding hydrogens is 490 g/mol. The van der Waals surface area contributed by atoms with Crippen molar-refractivity contribution < 1.29 is 19.1 Å². The minimum Gasteiger partial charge on any atom is -0.488 e. The van der Waals surface area contributed by atoms with Crippen LogP contribution in [0.5, 0.6) is 5.75 Å². The molecule has 4 aromatic rings. The summed E-state index contributed by atoms with van der Waals surface area (Å²) in [5.74, 6) is 0.357. The smallest absolute Gasteiger partial charge is 0.407 e. The number of aldehydes is 1. The van der Waals surface area contributed by atoms with Gasteiger partial charge in [-0.05, 0) is 55.7 Å². The van der Waals surface area contributed by atoms with Crippen LogP contribution in [-0.4, -0.2) is 29.5 Å². The van der Waals surface area contributed by atoms with Crippen LogP contribution in [0.3, 0.4) is 0 Å². The number of nitrogens with zero attached hydrogens (tertiary/aromatic N) is 1. The lowest BCUT2D eigenvalue weighted by molar-refractivity contribution is 0.0526. The molecule has 1 amide bonds. The van der Waals surface area contributed by atoms with Gasteiger partial charge in [0, 0.05) is 18.0 Å². The summed E-state index contributed by atoms with van der Waals surface area (Å²) in [6.45, 7) is 5.99. The van der Waals surface area contributed by atoms with Gasteiger partial charge in [0.2, 0.25) is 0 Å². The molecule has 39 heavy (non-hydrogen) atoms. The Morgan fingerprint density at radius 1 is 0.974 bits per heavy atom. The van der Waals surface area contributed by atoms with E-state index in [0.717, 1.165) is 16.7 Å². The second-order valence-corrected chi connectivity index (χ2v) is 10.1. The highest BCUT2D eigenvalue weighted by Gasteiger charge is 2.24. The number of para-hydroxylation sites is 1. The van der Waals surface area contributed by atoms with Crippen LogP contribution >= 0.6 is 0 Å². The van der Waals surface area contributed by atoms with Crippen LogP contribution in [0.1, 0.15) is 53.7 Å². The van der Waals surface area contributed by atoms with Gasteiger partial charge in [-0.15, -0.1) is 0 Å². The van der Waals surface area contributed by atoms with Gasteiger partial charge in [-0.25, -0.2) is 9.78 Å². The van der Waals surface area contributed by atoms with Crippen LogP contribution in [0.15, 0.2) is 91.0 Å². The second kappa shape index (κ2) is 12.3. The highest BCUT2D eigenvalue weighted by molar-refractivity contribution is 5.86. The first-order valence-corrected chi connectivity index (χ1v) is 12.8. The molecule has 200 valence electrons. The second-order valence-electron chi connectivity index (χ2n) is 10.1. The normalized spacial score (nSPS) is 11.9. The summed E-state index contributed by atoms with van der Waals surface area (Å²) in [7, 11) is 0. The maximum Gasteiger partial charge on any atom is 0.407 e. The molecule has 3 aromatic carbocycles. The first-order valence-electron chi connectivity index (χ1n) is 12.8. The van der Waals surface area contributed by atoms with Gasteiger partial charge >= 0.3 is 6.09 Å². The van der Waals surface area contributed by atoms with Crippen LogP contribution < -0.4 is 15.8 Å². The summed E-state index contributed by atoms with van der Waals surface area (Å²) >= 11 is 0. The van der Waals surface area contributed by atoms with Crippen LogP contribution in [0.25, 0.3) is 11.3 Å². The molecule has 0 saturated heterocycles. The molecule has 7 nitrogen and oxygen atoms in total. The SMILES string of the molecule is CC(C)(C)OC(=O)NCC(c1ccccc1)c1cc(-c2ccccc2OCc2ccccc2)nc(N)c1C=O. The van der Waals surface area contributed by atoms with Gasteiger partial charge < -0.3 is 20.5 Å². The maximum absolute atomic E-state index is 12.5. The molecule has 0 bridgehead atoms. The van der Waals surface area contributed by atoms with E-state index in [-0.39, 0.29) is 23.8 Å². The van der Waals surface area contributed by atoms with Crippen LogP contribution in [0.4, 0.5) is 10.6 Å². The molecule has 0 aliphatic rings. The number of hydrogen-bond acceptors (Lipinski definition) is 6. The van der Waals surface area contributed by atoms with Crippen molar-refractivity contribution >= 4 is 18.2 Å². The van der Waals surface area contributed by atoms with E-state index in [1.807, 2.05) is 91.0 Å². The summed E-state index contributed by atoms with van der Waals surface area (Å²) in [6.07, 6.45) is 0.167. The lowest BCUT2D eigenvalue weighted by atomic mass is 9.87. The standard InChI is InChI=1S/C32H33N3O4/c1-32(2,3)39-31(37)34-19-26(23-14-8-5-9-15-23)25-18-28(35-30(33)27(25)20-36)24-16-10-11-17-29(24)38-21-22-12-6-4-7-13-22/h4-18,20,26H,19,21H2,1-3H3,(H2,33,35)(H,34,37). The fourth-order valence-corrected chi connectivity index (χ4v) is 4.28. The molecule has 0 saturated carbocycles. The average Bonchev–Trinajstić information content (AvgIpc) is 2.92. The zero-order valence-corrected chi connectivity index (χ0v) is 22.4. The van der Waals surface area contributed by atoms with Crippen LogP contribution in [0, 0.1) is 0 Å². The minimum atomic E-state index is -0.641. The summed E-state index contributed by atoms with van der Waals surface area (Å²) in [6, 6.07) is 28.9. The third-order valence-electron chi connectivity index (χ3n) is 6.06. The number of rotatable bonds is 9. The molecule has 0 radical (unpaired) electrons. The van der Waals surface area contributed by atoms with Crippen molar-refractivity contribution in [2.75, 3.05) is 12.3 Å². The van der Waals surface area contributed by atoms with E-state index in [0.29, 0.717) is 29.9 Å². The maximum atomic E-state index is 12.5. The molecule has 3 N–H and O–H groups in total. The number of hydrogen-bond donors (Lipinski definition) is 2. The number of aromatic nitrogens is 1. The quantitative estimate of drug-likeness (QED) is 0.247. The Morgan fingerprint density at radius 2 is 1.62 bits per heavy atom. The van der Waals surface area contributed by atoms with E-state index in [2.05, 4.69) is 10.3 Å². The molecule has 0 fully saturated rings. The zero-order valence-electron chi connectivity index (χ0n) is 22.4. The number of carbonyl (C=O) groups is 2. The van der Waals surface area contributed by atoms with Crippen LogP contribution in [0.2, 0.25) is 0 Å². The number of nitrogens with two attached hydrogens (primary N) is 1. The molecule has 0 spiro atoms. The average molecular weight is 524 g/mol. The molecular formula is C32H33N3O4. The van der Waals surface area contributed by atoms with E-state index >= 15 is 0 Å². The van der Waals surface area contributed by atoms with Crippen molar-refractivity contribution in [2.24, 2.45) is 0 Å². The molecule has 1 aromatic heterocycles. The Morgan fingerprint density at radius 3 is 2.28 bits per heavy atom. The van der Waals surface area contributed by atoms with E-state index in [1.165, 1.54) is 0 Å². The van der Waals surface area contributed by atoms with Gasteiger partial charge in [0.25, 0.3) is 0 Å². The van der Waals surface area contributed by atoms with E-state index < -0.39 is 11.7 Å². The number of ether oxygens (including phenoxy) is 2. The van der Waals surface area contributed by atoms with Crippen molar-refractivity contribution in [1.29, 1.82) is 0 Å². The van der Waals surface area contributed by atoms with E-state index in [9.17, 15) is 9.59 Å². The van der Waals surface area contributed by atoms with E-state index in [4.69, 9.17) is 15.2 Å². The van der Waals surface area contributed by atoms with Gasteiger partial charge in [-0.2, -0.15) is 0 Å². The van der Waals surface area contributed by atoms with Crippen molar-refractivity contribution in [3.63, 3.8) is 0 Å². The Kier molecular flexibility index (Phi) is 8.61. The van der Waals surface area contributed by atoms with Gasteiger partial charge in [0.1, 0.15) is 23.8 Å². The summed E-state index contributed by atoms with van der Waals surface area (Å²) in [5.41, 5.74) is 9.88. The monoisotopic (exact) mass is 523 g/mol. The molecule has 0 aliphatic carbocycles. The molecule has 1 unspecified atom stereocenters. The number of benzene rings is 3. The predicted octanol–water partition coefficient (Wildman–Crippen LogP) is 6.38. The highest BCUT2D eigenvalue weighted by atomic mass is 16.6. The number of carbonyl (C=O) groups excluding carboxylic acids is 2. The largest absolute Gasteiger partial charge is 0.488 e. The topological polar surface area (TPSA) is 104 Å². The molecule has 0 aliphatic heterocycles. The zero-order chi connectivity index (χ0) is 27.8. The Labute approximate surface area is 229 Å². The lowest BCUT2D eigenvalue weighted by Gasteiger charge is -2.24. The van der Waals surface area contributed by atoms with Crippen LogP contribution in [-0.2, 0) is 11.3 Å². The number of pyridine rings is 1. The minimum absolute atomic E-state index is 0.105.